The SMILES string of the molecule is CC/C=C\CC(O)/C=C/C=C/C/C=C\C/C=C\C/C=C\CCC(=O)O[C@H](COC(=O)CCCCCCCCCCCCCCC(C)C)COP(=O)(O)OP(=O)(O)OC[C@H]1O[C@@H](n2ccc(N)nc2=O)[C@H](O)[C@@H]1O. The summed E-state index contributed by atoms with van der Waals surface area (Å²) in [5.74, 6) is -0.654. The van der Waals surface area contributed by atoms with E-state index in [-0.39, 0.29) is 18.7 Å². The second-order valence-electron chi connectivity index (χ2n) is 18.3. The third kappa shape index (κ3) is 32.3. The minimum atomic E-state index is -5.45. The van der Waals surface area contributed by atoms with Gasteiger partial charge in [0.05, 0.1) is 19.3 Å². The highest BCUT2D eigenvalue weighted by molar-refractivity contribution is 7.61. The summed E-state index contributed by atoms with van der Waals surface area (Å²) in [6.45, 7) is 4.17. The van der Waals surface area contributed by atoms with E-state index in [4.69, 9.17) is 29.0 Å². The normalized spacial score (nSPS) is 20.1. The number of esters is 2. The van der Waals surface area contributed by atoms with E-state index in [1.54, 1.807) is 12.2 Å². The number of carbonyl (C=O) groups is 2. The maximum absolute atomic E-state index is 12.9. The minimum Gasteiger partial charge on any atom is -0.462 e. The van der Waals surface area contributed by atoms with Crippen molar-refractivity contribution in [3.63, 3.8) is 0 Å². The van der Waals surface area contributed by atoms with Crippen LogP contribution in [-0.4, -0.2) is 96.9 Å². The number of nitrogens with two attached hydrogens (primary N) is 1. The molecule has 3 unspecified atom stereocenters. The zero-order valence-corrected chi connectivity index (χ0v) is 45.0. The summed E-state index contributed by atoms with van der Waals surface area (Å²) in [4.78, 5) is 61.9. The second-order valence-corrected chi connectivity index (χ2v) is 21.4. The lowest BCUT2D eigenvalue weighted by molar-refractivity contribution is -0.161. The van der Waals surface area contributed by atoms with Gasteiger partial charge in [0, 0.05) is 19.0 Å². The summed E-state index contributed by atoms with van der Waals surface area (Å²) in [7, 11) is -10.9. The molecule has 1 aliphatic rings. The summed E-state index contributed by atoms with van der Waals surface area (Å²) in [6, 6.07) is 1.24. The number of aliphatic hydroxyl groups is 3. The van der Waals surface area contributed by atoms with E-state index in [1.165, 1.54) is 57.4 Å². The van der Waals surface area contributed by atoms with E-state index in [0.29, 0.717) is 25.7 Å². The zero-order chi connectivity index (χ0) is 53.7. The van der Waals surface area contributed by atoms with Gasteiger partial charge in [-0.3, -0.25) is 23.2 Å². The van der Waals surface area contributed by atoms with Crippen molar-refractivity contribution < 1.29 is 71.4 Å². The molecule has 2 heterocycles. The Balaban J connectivity index is 1.84. The fourth-order valence-corrected chi connectivity index (χ4v) is 9.42. The fraction of sp³-hybridized carbons (Fsp3) is 0.654. The van der Waals surface area contributed by atoms with Crippen molar-refractivity contribution in [1.29, 1.82) is 0 Å². The summed E-state index contributed by atoms with van der Waals surface area (Å²) in [6.07, 6.45) is 34.8. The minimum absolute atomic E-state index is 0.0928. The van der Waals surface area contributed by atoms with E-state index >= 15 is 0 Å². The number of nitrogen functional groups attached to an aromatic ring is 1. The van der Waals surface area contributed by atoms with Crippen LogP contribution in [0.25, 0.3) is 0 Å². The number of ether oxygens (including phenoxy) is 3. The molecule has 414 valence electrons. The van der Waals surface area contributed by atoms with Gasteiger partial charge in [-0.05, 0) is 56.9 Å². The monoisotopic (exact) mass is 1070 g/mol. The van der Waals surface area contributed by atoms with Gasteiger partial charge in [0.2, 0.25) is 0 Å². The lowest BCUT2D eigenvalue weighted by atomic mass is 10.0. The first-order valence-corrected chi connectivity index (χ1v) is 28.9. The third-order valence-corrected chi connectivity index (χ3v) is 13.9. The van der Waals surface area contributed by atoms with Crippen LogP contribution in [0.1, 0.15) is 162 Å². The molecule has 0 amide bonds. The number of hydrogen-bond donors (Lipinski definition) is 6. The number of allylic oxidation sites excluding steroid dienone is 10. The Labute approximate surface area is 432 Å². The van der Waals surface area contributed by atoms with Crippen molar-refractivity contribution in [2.75, 3.05) is 25.6 Å². The predicted octanol–water partition coefficient (Wildman–Crippen LogP) is 9.72. The van der Waals surface area contributed by atoms with E-state index in [9.17, 15) is 48.6 Å². The van der Waals surface area contributed by atoms with Gasteiger partial charge in [-0.2, -0.15) is 9.29 Å². The van der Waals surface area contributed by atoms with Gasteiger partial charge in [-0.1, -0.05) is 171 Å². The van der Waals surface area contributed by atoms with Crippen molar-refractivity contribution in [3.8, 4) is 0 Å². The Kier molecular flexibility index (Phi) is 34.6. The van der Waals surface area contributed by atoms with Crippen LogP contribution < -0.4 is 11.4 Å². The van der Waals surface area contributed by atoms with Gasteiger partial charge in [-0.25, -0.2) is 13.9 Å². The van der Waals surface area contributed by atoms with Crippen LogP contribution in [0.5, 0.6) is 0 Å². The molecule has 73 heavy (non-hydrogen) atoms. The van der Waals surface area contributed by atoms with E-state index in [0.717, 1.165) is 61.6 Å². The summed E-state index contributed by atoms with van der Waals surface area (Å²) in [5.41, 5.74) is 4.58. The van der Waals surface area contributed by atoms with Gasteiger partial charge in [0.1, 0.15) is 30.7 Å². The van der Waals surface area contributed by atoms with Crippen LogP contribution in [0.2, 0.25) is 0 Å². The summed E-state index contributed by atoms with van der Waals surface area (Å²) < 4.78 is 56.7. The second kappa shape index (κ2) is 38.7. The summed E-state index contributed by atoms with van der Waals surface area (Å²) in [5, 5.41) is 30.8. The highest BCUT2D eigenvalue weighted by Crippen LogP contribution is 2.60. The molecule has 0 bridgehead atoms. The van der Waals surface area contributed by atoms with Crippen molar-refractivity contribution in [2.45, 2.75) is 192 Å². The number of anilines is 1. The van der Waals surface area contributed by atoms with Gasteiger partial charge >= 0.3 is 33.3 Å². The van der Waals surface area contributed by atoms with Crippen LogP contribution in [0.3, 0.4) is 0 Å². The topological polar surface area (TPSA) is 286 Å². The highest BCUT2D eigenvalue weighted by atomic mass is 31.3. The summed E-state index contributed by atoms with van der Waals surface area (Å²) >= 11 is 0. The molecule has 1 aromatic heterocycles. The lowest BCUT2D eigenvalue weighted by Gasteiger charge is -2.21. The van der Waals surface area contributed by atoms with Crippen molar-refractivity contribution in [3.05, 3.63) is 95.7 Å². The average molecular weight is 1070 g/mol. The first-order valence-electron chi connectivity index (χ1n) is 25.9. The van der Waals surface area contributed by atoms with E-state index in [2.05, 4.69) is 23.1 Å². The van der Waals surface area contributed by atoms with Crippen LogP contribution in [-0.2, 0) is 46.3 Å². The molecule has 2 rings (SSSR count). The maximum Gasteiger partial charge on any atom is 0.481 e. The highest BCUT2D eigenvalue weighted by Gasteiger charge is 2.46. The molecule has 0 radical (unpaired) electrons. The van der Waals surface area contributed by atoms with Crippen molar-refractivity contribution in [1.82, 2.24) is 9.55 Å². The number of carbonyl (C=O) groups excluding carboxylic acids is 2. The number of rotatable bonds is 41. The van der Waals surface area contributed by atoms with Crippen LogP contribution in [0, 0.1) is 5.92 Å². The van der Waals surface area contributed by atoms with Crippen molar-refractivity contribution >= 4 is 33.4 Å². The van der Waals surface area contributed by atoms with Gasteiger partial charge in [-0.15, -0.1) is 0 Å². The Hall–Kier alpha value is -3.84. The molecule has 7 N–H and O–H groups in total. The smallest absolute Gasteiger partial charge is 0.462 e. The average Bonchev–Trinajstić information content (AvgIpc) is 3.61. The largest absolute Gasteiger partial charge is 0.481 e. The number of aromatic nitrogens is 2. The molecule has 0 saturated carbocycles. The van der Waals surface area contributed by atoms with Gasteiger partial charge < -0.3 is 45.1 Å². The van der Waals surface area contributed by atoms with E-state index < -0.39 is 89.8 Å². The molecular formula is C52H85N3O16P2. The fourth-order valence-electron chi connectivity index (χ4n) is 7.31. The van der Waals surface area contributed by atoms with Crippen LogP contribution in [0.15, 0.2) is 90.0 Å². The zero-order valence-electron chi connectivity index (χ0n) is 43.2. The quantitative estimate of drug-likeness (QED) is 0.0117. The molecular weight excluding hydrogens is 985 g/mol. The van der Waals surface area contributed by atoms with Crippen LogP contribution in [0.4, 0.5) is 5.82 Å². The lowest BCUT2D eigenvalue weighted by Crippen LogP contribution is -2.36. The molecule has 1 fully saturated rings. The number of hydrogen-bond acceptors (Lipinski definition) is 16. The first-order chi connectivity index (χ1) is 34.9. The molecule has 0 aromatic carbocycles. The van der Waals surface area contributed by atoms with Crippen molar-refractivity contribution in [2.24, 2.45) is 5.92 Å². The Morgan fingerprint density at radius 3 is 1.97 bits per heavy atom. The van der Waals surface area contributed by atoms with Gasteiger partial charge in [0.25, 0.3) is 0 Å². The number of phosphoric acid groups is 2. The molecule has 19 nitrogen and oxygen atoms in total. The number of aliphatic hydroxyl groups excluding tert-OH is 3. The number of nitrogens with zero attached hydrogens (tertiary/aromatic N) is 2. The Morgan fingerprint density at radius 1 is 0.767 bits per heavy atom. The molecule has 0 spiro atoms. The van der Waals surface area contributed by atoms with Gasteiger partial charge in [0.15, 0.2) is 12.3 Å². The maximum atomic E-state index is 12.9. The number of phosphoric ester groups is 2. The predicted molar refractivity (Wildman–Crippen MR) is 281 cm³/mol. The molecule has 8 atom stereocenters. The molecule has 21 heteroatoms. The molecule has 1 saturated heterocycles. The molecule has 1 aromatic rings. The van der Waals surface area contributed by atoms with Crippen LogP contribution >= 0.6 is 15.6 Å². The Morgan fingerprint density at radius 2 is 1.36 bits per heavy atom. The molecule has 1 aliphatic heterocycles. The Bertz CT molecular complexity index is 2040. The standard InChI is InChI=1S/C52H85N3O16P2/c1-4-5-27-33-43(56)34-29-24-20-16-12-7-6-8-14-18-22-26-31-36-48(58)69-44(39-66-47(57)35-30-25-21-17-13-10-9-11-15-19-23-28-32-42(2)3)40-67-72(62,63)71-73(64,65)68-41-45-49(59)50(60)51(70-45)55-38-37-46(53)54-52(55)61/h5,7-8,12,14,20,22,24,26-27,29,34,37-38,42-45,49-51,56,59-60H,4,6,9-11,13,15-19,21,23,25,28,30-33,35-36,39-41H2,1-3H3,(H,62,63)(H,64,65)(H2,53,54,61)/b12-7-,14-8-,24-20+,26-22-,27-5-,34-29+/t43?,44-,45-,49-,50-,51-/m1/s1. The number of unbranched alkanes of at least 4 members (excludes halogenated alkanes) is 11. The van der Waals surface area contributed by atoms with E-state index in [1.807, 2.05) is 67.7 Å². The molecule has 0 aliphatic carbocycles. The first kappa shape index (κ1) is 65.3. The third-order valence-electron chi connectivity index (χ3n) is 11.3.